The summed E-state index contributed by atoms with van der Waals surface area (Å²) in [6.45, 7) is 9.71. The first kappa shape index (κ1) is 31.7. The summed E-state index contributed by atoms with van der Waals surface area (Å²) in [7, 11) is -4.12. The number of hydrogen-bond acceptors (Lipinski definition) is 5. The Kier molecular flexibility index (Phi) is 11.3. The lowest BCUT2D eigenvalue weighted by atomic mass is 10.1. The van der Waals surface area contributed by atoms with E-state index in [1.54, 1.807) is 42.5 Å². The number of aryl methyl sites for hydroxylation is 1. The molecule has 0 aliphatic carbocycles. The molecule has 220 valence electrons. The van der Waals surface area contributed by atoms with Gasteiger partial charge in [0.25, 0.3) is 10.0 Å². The molecule has 0 heterocycles. The third-order valence-electron chi connectivity index (χ3n) is 6.87. The lowest BCUT2D eigenvalue weighted by Crippen LogP contribution is -2.53. The molecule has 2 atom stereocenters. The first-order valence-electron chi connectivity index (χ1n) is 14.1. The standard InChI is InChI=1S/C32H41N3O5S/c1-6-25(5)33-32(37)30(7-2)34(22-26-14-12-13-24(4)21-26)31(36)23-35(27-17-19-28(20-18-27)40-8-3)41(38,39)29-15-10-9-11-16-29/h9-21,25,30H,6-8,22-23H2,1-5H3,(H,33,37)/t25-,30+/m1/s1. The van der Waals surface area contributed by atoms with E-state index in [9.17, 15) is 18.0 Å². The number of ether oxygens (including phenoxy) is 1. The molecule has 8 nitrogen and oxygen atoms in total. The Labute approximate surface area is 244 Å². The zero-order chi connectivity index (χ0) is 30.0. The van der Waals surface area contributed by atoms with Crippen LogP contribution in [0.1, 0.15) is 51.7 Å². The third kappa shape index (κ3) is 8.33. The molecule has 0 aliphatic heterocycles. The number of hydrogen-bond donors (Lipinski definition) is 1. The number of rotatable bonds is 14. The van der Waals surface area contributed by atoms with E-state index in [2.05, 4.69) is 5.32 Å². The predicted molar refractivity (Wildman–Crippen MR) is 162 cm³/mol. The van der Waals surface area contributed by atoms with Crippen molar-refractivity contribution >= 4 is 27.5 Å². The number of nitrogens with one attached hydrogen (secondary N) is 1. The van der Waals surface area contributed by atoms with E-state index in [1.165, 1.54) is 17.0 Å². The summed E-state index contributed by atoms with van der Waals surface area (Å²) in [6, 6.07) is 21.5. The highest BCUT2D eigenvalue weighted by Crippen LogP contribution is 2.27. The van der Waals surface area contributed by atoms with Crippen molar-refractivity contribution < 1.29 is 22.7 Å². The first-order chi connectivity index (χ1) is 19.6. The molecule has 2 amide bonds. The van der Waals surface area contributed by atoms with E-state index >= 15 is 0 Å². The highest BCUT2D eigenvalue weighted by molar-refractivity contribution is 7.92. The SMILES string of the molecule is CCOc1ccc(N(CC(=O)N(Cc2cccc(C)c2)[C@@H](CC)C(=O)N[C@H](C)CC)S(=O)(=O)c2ccccc2)cc1. The number of sulfonamides is 1. The molecular formula is C32H41N3O5S. The Bertz CT molecular complexity index is 1390. The molecule has 0 aliphatic rings. The van der Waals surface area contributed by atoms with Crippen LogP contribution in [0.2, 0.25) is 0 Å². The largest absolute Gasteiger partial charge is 0.494 e. The van der Waals surface area contributed by atoms with Crippen LogP contribution in [-0.2, 0) is 26.2 Å². The van der Waals surface area contributed by atoms with Crippen molar-refractivity contribution in [2.75, 3.05) is 17.5 Å². The number of nitrogens with zero attached hydrogens (tertiary/aromatic N) is 2. The summed E-state index contributed by atoms with van der Waals surface area (Å²) in [5.41, 5.74) is 2.19. The van der Waals surface area contributed by atoms with E-state index in [0.717, 1.165) is 21.9 Å². The third-order valence-corrected chi connectivity index (χ3v) is 8.66. The van der Waals surface area contributed by atoms with Crippen LogP contribution in [0.15, 0.2) is 83.8 Å². The van der Waals surface area contributed by atoms with Crippen LogP contribution in [-0.4, -0.2) is 50.4 Å². The summed E-state index contributed by atoms with van der Waals surface area (Å²) in [5.74, 6) is -0.152. The van der Waals surface area contributed by atoms with Crippen LogP contribution < -0.4 is 14.4 Å². The molecule has 41 heavy (non-hydrogen) atoms. The van der Waals surface area contributed by atoms with Crippen molar-refractivity contribution in [2.24, 2.45) is 0 Å². The van der Waals surface area contributed by atoms with Crippen LogP contribution in [0.3, 0.4) is 0 Å². The second-order valence-corrected chi connectivity index (χ2v) is 11.9. The molecule has 0 saturated carbocycles. The molecule has 3 aromatic rings. The first-order valence-corrected chi connectivity index (χ1v) is 15.5. The summed E-state index contributed by atoms with van der Waals surface area (Å²) in [4.78, 5) is 29.1. The van der Waals surface area contributed by atoms with Gasteiger partial charge in [-0.2, -0.15) is 0 Å². The highest BCUT2D eigenvalue weighted by Gasteiger charge is 2.34. The molecule has 0 fully saturated rings. The number of amides is 2. The number of carbonyl (C=O) groups excluding carboxylic acids is 2. The summed E-state index contributed by atoms with van der Waals surface area (Å²) < 4.78 is 34.4. The molecular weight excluding hydrogens is 538 g/mol. The van der Waals surface area contributed by atoms with Gasteiger partial charge in [0.1, 0.15) is 18.3 Å². The van der Waals surface area contributed by atoms with Crippen LogP contribution in [0, 0.1) is 6.92 Å². The maximum Gasteiger partial charge on any atom is 0.264 e. The number of anilines is 1. The second kappa shape index (κ2) is 14.7. The van der Waals surface area contributed by atoms with Gasteiger partial charge in [0, 0.05) is 12.6 Å². The Morgan fingerprint density at radius 3 is 2.17 bits per heavy atom. The van der Waals surface area contributed by atoms with Gasteiger partial charge in [-0.05, 0) is 75.6 Å². The molecule has 9 heteroatoms. The fourth-order valence-corrected chi connectivity index (χ4v) is 5.93. The average molecular weight is 580 g/mol. The van der Waals surface area contributed by atoms with Gasteiger partial charge < -0.3 is 15.0 Å². The van der Waals surface area contributed by atoms with Gasteiger partial charge in [0.2, 0.25) is 11.8 Å². The summed E-state index contributed by atoms with van der Waals surface area (Å²) >= 11 is 0. The molecule has 0 unspecified atom stereocenters. The normalized spacial score (nSPS) is 12.7. The van der Waals surface area contributed by atoms with Crippen LogP contribution in [0.25, 0.3) is 0 Å². The van der Waals surface area contributed by atoms with Gasteiger partial charge in [-0.1, -0.05) is 61.9 Å². The Morgan fingerprint density at radius 1 is 0.902 bits per heavy atom. The van der Waals surface area contributed by atoms with Crippen molar-refractivity contribution in [1.82, 2.24) is 10.2 Å². The summed E-state index contributed by atoms with van der Waals surface area (Å²) in [5, 5.41) is 2.99. The topological polar surface area (TPSA) is 96.0 Å². The molecule has 0 saturated heterocycles. The van der Waals surface area contributed by atoms with E-state index in [1.807, 2.05) is 58.9 Å². The lowest BCUT2D eigenvalue weighted by Gasteiger charge is -2.33. The molecule has 0 bridgehead atoms. The Balaban J connectivity index is 2.05. The smallest absolute Gasteiger partial charge is 0.264 e. The fraction of sp³-hybridized carbons (Fsp3) is 0.375. The Hall–Kier alpha value is -3.85. The number of carbonyl (C=O) groups is 2. The maximum atomic E-state index is 14.1. The lowest BCUT2D eigenvalue weighted by molar-refractivity contribution is -0.140. The van der Waals surface area contributed by atoms with Crippen molar-refractivity contribution in [3.63, 3.8) is 0 Å². The van der Waals surface area contributed by atoms with Gasteiger partial charge in [-0.3, -0.25) is 13.9 Å². The van der Waals surface area contributed by atoms with Crippen molar-refractivity contribution in [2.45, 2.75) is 71.0 Å². The van der Waals surface area contributed by atoms with E-state index in [4.69, 9.17) is 4.74 Å². The van der Waals surface area contributed by atoms with Crippen LogP contribution in [0.4, 0.5) is 5.69 Å². The molecule has 3 rings (SSSR count). The summed E-state index contributed by atoms with van der Waals surface area (Å²) in [6.07, 6.45) is 1.11. The molecule has 0 aromatic heterocycles. The minimum absolute atomic E-state index is 0.0634. The molecule has 0 spiro atoms. The van der Waals surface area contributed by atoms with E-state index in [-0.39, 0.29) is 23.4 Å². The average Bonchev–Trinajstić information content (AvgIpc) is 2.96. The molecule has 0 radical (unpaired) electrons. The van der Waals surface area contributed by atoms with Crippen molar-refractivity contribution in [3.05, 3.63) is 90.0 Å². The maximum absolute atomic E-state index is 14.1. The second-order valence-electron chi connectivity index (χ2n) is 10.0. The zero-order valence-corrected chi connectivity index (χ0v) is 25.4. The predicted octanol–water partition coefficient (Wildman–Crippen LogP) is 5.31. The van der Waals surface area contributed by atoms with Gasteiger partial charge in [-0.25, -0.2) is 8.42 Å². The van der Waals surface area contributed by atoms with Crippen molar-refractivity contribution in [3.8, 4) is 5.75 Å². The highest BCUT2D eigenvalue weighted by atomic mass is 32.2. The van der Waals surface area contributed by atoms with E-state index < -0.39 is 28.5 Å². The van der Waals surface area contributed by atoms with Gasteiger partial charge >= 0.3 is 0 Å². The molecule has 1 N–H and O–H groups in total. The number of benzene rings is 3. The quantitative estimate of drug-likeness (QED) is 0.279. The fourth-order valence-electron chi connectivity index (χ4n) is 4.49. The zero-order valence-electron chi connectivity index (χ0n) is 24.5. The monoisotopic (exact) mass is 579 g/mol. The minimum Gasteiger partial charge on any atom is -0.494 e. The van der Waals surface area contributed by atoms with E-state index in [0.29, 0.717) is 24.5 Å². The van der Waals surface area contributed by atoms with Crippen LogP contribution >= 0.6 is 0 Å². The van der Waals surface area contributed by atoms with Gasteiger partial charge in [0.15, 0.2) is 0 Å². The van der Waals surface area contributed by atoms with Gasteiger partial charge in [0.05, 0.1) is 17.2 Å². The van der Waals surface area contributed by atoms with Crippen molar-refractivity contribution in [1.29, 1.82) is 0 Å². The molecule has 3 aromatic carbocycles. The van der Waals surface area contributed by atoms with Gasteiger partial charge in [-0.15, -0.1) is 0 Å². The van der Waals surface area contributed by atoms with Crippen LogP contribution in [0.5, 0.6) is 5.75 Å². The minimum atomic E-state index is -4.12. The Morgan fingerprint density at radius 2 is 1.59 bits per heavy atom.